The lowest BCUT2D eigenvalue weighted by Crippen LogP contribution is -2.52. The van der Waals surface area contributed by atoms with Gasteiger partial charge in [0.1, 0.15) is 13.4 Å². The number of benzene rings is 2. The number of hydrogen-bond acceptors (Lipinski definition) is 4. The zero-order valence-electron chi connectivity index (χ0n) is 14.1. The van der Waals surface area contributed by atoms with Crippen molar-refractivity contribution in [2.45, 2.75) is 18.4 Å². The molecule has 0 bridgehead atoms. The van der Waals surface area contributed by atoms with Crippen molar-refractivity contribution in [3.05, 3.63) is 65.2 Å². The molecule has 2 radical (unpaired) electrons. The molecule has 0 fully saturated rings. The van der Waals surface area contributed by atoms with E-state index in [1.165, 1.54) is 4.90 Å². The Kier molecular flexibility index (Phi) is 4.09. The SMILES string of the molecule is [B]c1ccc(C2C(=O)N(C)C(N)=N[C@]2(C)c2cccc(C#N)c2)cc1. The Bertz CT molecular complexity index is 900. The van der Waals surface area contributed by atoms with E-state index in [1.54, 1.807) is 37.4 Å². The molecule has 6 heteroatoms. The van der Waals surface area contributed by atoms with Crippen LogP contribution in [-0.2, 0) is 10.3 Å². The highest BCUT2D eigenvalue weighted by Crippen LogP contribution is 2.43. The van der Waals surface area contributed by atoms with Gasteiger partial charge in [-0.15, -0.1) is 0 Å². The van der Waals surface area contributed by atoms with E-state index in [4.69, 9.17) is 13.6 Å². The third kappa shape index (κ3) is 2.78. The van der Waals surface area contributed by atoms with Crippen LogP contribution in [0.15, 0.2) is 53.5 Å². The first kappa shape index (κ1) is 16.8. The average molecular weight is 328 g/mol. The number of nitrogens with zero attached hydrogens (tertiary/aromatic N) is 3. The Labute approximate surface area is 148 Å². The molecule has 2 N–H and O–H groups in total. The van der Waals surface area contributed by atoms with Crippen LogP contribution in [0, 0.1) is 11.3 Å². The van der Waals surface area contributed by atoms with Crippen LogP contribution in [0.25, 0.3) is 0 Å². The third-order valence-electron chi connectivity index (χ3n) is 4.68. The van der Waals surface area contributed by atoms with Crippen molar-refractivity contribution in [2.75, 3.05) is 7.05 Å². The molecule has 1 amide bonds. The smallest absolute Gasteiger partial charge is 0.239 e. The molecule has 5 nitrogen and oxygen atoms in total. The molecule has 0 aromatic heterocycles. The first-order chi connectivity index (χ1) is 11.9. The van der Waals surface area contributed by atoms with Crippen molar-refractivity contribution in [2.24, 2.45) is 10.7 Å². The first-order valence-electron chi connectivity index (χ1n) is 7.86. The number of carbonyl (C=O) groups excluding carboxylic acids is 1. The molecule has 2 aromatic carbocycles. The van der Waals surface area contributed by atoms with Gasteiger partial charge in [0.05, 0.1) is 17.6 Å². The number of hydrogen-bond donors (Lipinski definition) is 1. The zero-order valence-corrected chi connectivity index (χ0v) is 14.1. The summed E-state index contributed by atoms with van der Waals surface area (Å²) in [6, 6.07) is 16.4. The fraction of sp³-hybridized carbons (Fsp3) is 0.211. The minimum absolute atomic E-state index is 0.151. The van der Waals surface area contributed by atoms with Gasteiger partial charge in [0, 0.05) is 7.05 Å². The molecule has 2 atom stereocenters. The van der Waals surface area contributed by atoms with Crippen molar-refractivity contribution < 1.29 is 4.79 Å². The van der Waals surface area contributed by atoms with Crippen LogP contribution >= 0.6 is 0 Å². The molecule has 1 aliphatic rings. The van der Waals surface area contributed by atoms with Gasteiger partial charge in [-0.2, -0.15) is 5.26 Å². The van der Waals surface area contributed by atoms with Crippen LogP contribution in [0.2, 0.25) is 0 Å². The molecule has 0 spiro atoms. The number of likely N-dealkylation sites (N-methyl/N-ethyl adjacent to an activating group) is 1. The molecular formula is C19H17BN4O. The lowest BCUT2D eigenvalue weighted by Gasteiger charge is -2.41. The number of aliphatic imine (C=N–C) groups is 1. The van der Waals surface area contributed by atoms with E-state index in [2.05, 4.69) is 11.1 Å². The fourth-order valence-electron chi connectivity index (χ4n) is 3.21. The largest absolute Gasteiger partial charge is 0.369 e. The normalized spacial score (nSPS) is 23.1. The molecule has 0 saturated heterocycles. The maximum atomic E-state index is 13.0. The summed E-state index contributed by atoms with van der Waals surface area (Å²) in [7, 11) is 7.39. The average Bonchev–Trinajstić information content (AvgIpc) is 2.61. The van der Waals surface area contributed by atoms with Gasteiger partial charge in [-0.3, -0.25) is 9.69 Å². The number of carbonyl (C=O) groups is 1. The Balaban J connectivity index is 2.23. The Morgan fingerprint density at radius 1 is 1.28 bits per heavy atom. The zero-order chi connectivity index (χ0) is 18.2. The molecule has 1 heterocycles. The maximum absolute atomic E-state index is 13.0. The highest BCUT2D eigenvalue weighted by Gasteiger charge is 2.47. The molecule has 25 heavy (non-hydrogen) atoms. The topological polar surface area (TPSA) is 82.5 Å². The molecule has 2 aromatic rings. The number of nitrogens with two attached hydrogens (primary N) is 1. The van der Waals surface area contributed by atoms with Gasteiger partial charge >= 0.3 is 0 Å². The minimum Gasteiger partial charge on any atom is -0.369 e. The summed E-state index contributed by atoms with van der Waals surface area (Å²) in [5, 5.41) is 9.20. The number of nitriles is 1. The lowest BCUT2D eigenvalue weighted by atomic mass is 9.73. The van der Waals surface area contributed by atoms with Crippen molar-refractivity contribution in [3.63, 3.8) is 0 Å². The summed E-state index contributed by atoms with van der Waals surface area (Å²) in [6.45, 7) is 1.86. The quantitative estimate of drug-likeness (QED) is 0.839. The van der Waals surface area contributed by atoms with Gasteiger partial charge in [-0.1, -0.05) is 41.9 Å². The van der Waals surface area contributed by atoms with Crippen LogP contribution in [0.5, 0.6) is 0 Å². The third-order valence-corrected chi connectivity index (χ3v) is 4.68. The van der Waals surface area contributed by atoms with Crippen LogP contribution in [0.3, 0.4) is 0 Å². The highest BCUT2D eigenvalue weighted by atomic mass is 16.2. The van der Waals surface area contributed by atoms with Crippen molar-refractivity contribution in [3.8, 4) is 6.07 Å². The fourth-order valence-corrected chi connectivity index (χ4v) is 3.21. The minimum atomic E-state index is -0.920. The van der Waals surface area contributed by atoms with Gasteiger partial charge < -0.3 is 5.73 Å². The molecule has 3 rings (SSSR count). The van der Waals surface area contributed by atoms with E-state index in [0.29, 0.717) is 11.0 Å². The van der Waals surface area contributed by atoms with Crippen LogP contribution < -0.4 is 11.2 Å². The van der Waals surface area contributed by atoms with E-state index in [9.17, 15) is 10.1 Å². The molecule has 1 unspecified atom stereocenters. The standard InChI is InChI=1S/C19H17BN4O/c1-19(14-5-3-4-12(10-14)11-21)16(13-6-8-15(20)9-7-13)17(25)24(2)18(22)23-19/h3-10,16H,1-2H3,(H2,22,23)/t16?,19-/m1/s1. The van der Waals surface area contributed by atoms with Crippen molar-refractivity contribution in [1.29, 1.82) is 5.26 Å². The van der Waals surface area contributed by atoms with Crippen LogP contribution in [0.4, 0.5) is 0 Å². The lowest BCUT2D eigenvalue weighted by molar-refractivity contribution is -0.130. The van der Waals surface area contributed by atoms with E-state index < -0.39 is 11.5 Å². The summed E-state index contributed by atoms with van der Waals surface area (Å²) < 4.78 is 0. The van der Waals surface area contributed by atoms with E-state index >= 15 is 0 Å². The molecular weight excluding hydrogens is 311 g/mol. The number of amides is 1. The van der Waals surface area contributed by atoms with Gasteiger partial charge in [-0.25, -0.2) is 4.99 Å². The summed E-state index contributed by atoms with van der Waals surface area (Å²) in [6.07, 6.45) is 0. The highest BCUT2D eigenvalue weighted by molar-refractivity contribution is 6.32. The summed E-state index contributed by atoms with van der Waals surface area (Å²) in [5.74, 6) is -0.567. The van der Waals surface area contributed by atoms with E-state index in [-0.39, 0.29) is 11.9 Å². The Morgan fingerprint density at radius 2 is 1.96 bits per heavy atom. The molecule has 122 valence electrons. The van der Waals surface area contributed by atoms with E-state index in [1.807, 2.05) is 25.1 Å². The second-order valence-electron chi connectivity index (χ2n) is 6.31. The molecule has 0 saturated carbocycles. The monoisotopic (exact) mass is 328 g/mol. The van der Waals surface area contributed by atoms with Gasteiger partial charge in [-0.05, 0) is 30.2 Å². The predicted molar refractivity (Wildman–Crippen MR) is 97.5 cm³/mol. The molecule has 1 aliphatic heterocycles. The van der Waals surface area contributed by atoms with Gasteiger partial charge in [0.2, 0.25) is 5.91 Å². The van der Waals surface area contributed by atoms with Crippen molar-refractivity contribution >= 4 is 25.2 Å². The summed E-state index contributed by atoms with van der Waals surface area (Å²) >= 11 is 0. The number of rotatable bonds is 2. The summed E-state index contributed by atoms with van der Waals surface area (Å²) in [4.78, 5) is 19.0. The Hall–Kier alpha value is -3.07. The van der Waals surface area contributed by atoms with Crippen LogP contribution in [0.1, 0.15) is 29.5 Å². The van der Waals surface area contributed by atoms with Crippen LogP contribution in [-0.4, -0.2) is 31.7 Å². The van der Waals surface area contributed by atoms with E-state index in [0.717, 1.165) is 11.1 Å². The predicted octanol–water partition coefficient (Wildman–Crippen LogP) is 1.14. The summed E-state index contributed by atoms with van der Waals surface area (Å²) in [5.41, 5.74) is 7.76. The van der Waals surface area contributed by atoms with Crippen molar-refractivity contribution in [1.82, 2.24) is 4.90 Å². The maximum Gasteiger partial charge on any atom is 0.239 e. The Morgan fingerprint density at radius 3 is 2.60 bits per heavy atom. The molecule has 0 aliphatic carbocycles. The number of guanidine groups is 1. The first-order valence-corrected chi connectivity index (χ1v) is 7.86. The second-order valence-corrected chi connectivity index (χ2v) is 6.31. The van der Waals surface area contributed by atoms with Gasteiger partial charge in [0.15, 0.2) is 5.96 Å². The van der Waals surface area contributed by atoms with Gasteiger partial charge in [0.25, 0.3) is 0 Å². The second kappa shape index (κ2) is 6.10.